The van der Waals surface area contributed by atoms with E-state index < -0.39 is 0 Å². The SMILES string of the molecule is CC[C@@]1(/C=C/CCCCl)CCN(c2ccc(OC)cc2)C1=O. The van der Waals surface area contributed by atoms with Gasteiger partial charge in [0.1, 0.15) is 5.75 Å². The van der Waals surface area contributed by atoms with Crippen molar-refractivity contribution in [1.29, 1.82) is 0 Å². The Labute approximate surface area is 137 Å². The summed E-state index contributed by atoms with van der Waals surface area (Å²) in [7, 11) is 1.64. The Morgan fingerprint density at radius 1 is 1.36 bits per heavy atom. The first kappa shape index (κ1) is 16.9. The average Bonchev–Trinajstić information content (AvgIpc) is 2.89. The van der Waals surface area contributed by atoms with Gasteiger partial charge in [-0.25, -0.2) is 0 Å². The third-order valence-electron chi connectivity index (χ3n) is 4.41. The predicted octanol–water partition coefficient (Wildman–Crippen LogP) is 4.40. The largest absolute Gasteiger partial charge is 0.497 e. The molecule has 120 valence electrons. The van der Waals surface area contributed by atoms with Crippen molar-refractivity contribution < 1.29 is 9.53 Å². The van der Waals surface area contributed by atoms with E-state index in [1.807, 2.05) is 29.2 Å². The number of alkyl halides is 1. The summed E-state index contributed by atoms with van der Waals surface area (Å²) in [5.41, 5.74) is 0.585. The Balaban J connectivity index is 2.13. The number of carbonyl (C=O) groups excluding carboxylic acids is 1. The van der Waals surface area contributed by atoms with Gasteiger partial charge in [-0.1, -0.05) is 19.1 Å². The molecule has 1 fully saturated rings. The van der Waals surface area contributed by atoms with Crippen LogP contribution in [0.1, 0.15) is 32.6 Å². The molecule has 2 rings (SSSR count). The molecule has 1 saturated heterocycles. The van der Waals surface area contributed by atoms with Crippen molar-refractivity contribution >= 4 is 23.2 Å². The van der Waals surface area contributed by atoms with Crippen molar-refractivity contribution in [2.45, 2.75) is 32.6 Å². The fourth-order valence-corrected chi connectivity index (χ4v) is 3.06. The smallest absolute Gasteiger partial charge is 0.237 e. The lowest BCUT2D eigenvalue weighted by atomic mass is 9.83. The van der Waals surface area contributed by atoms with Gasteiger partial charge in [0.25, 0.3) is 0 Å². The third kappa shape index (κ3) is 3.46. The van der Waals surface area contributed by atoms with E-state index in [1.54, 1.807) is 7.11 Å². The molecule has 1 amide bonds. The standard InChI is InChI=1S/C18H24ClNO2/c1-3-18(11-5-4-6-13-19)12-14-20(17(18)21)15-7-9-16(22-2)10-8-15/h5,7-11H,3-4,6,12-14H2,1-2H3/b11-5+/t18-/m1/s1. The van der Waals surface area contributed by atoms with Crippen molar-refractivity contribution in [2.24, 2.45) is 5.41 Å². The summed E-state index contributed by atoms with van der Waals surface area (Å²) in [4.78, 5) is 14.8. The lowest BCUT2D eigenvalue weighted by molar-refractivity contribution is -0.123. The molecular weight excluding hydrogens is 298 g/mol. The van der Waals surface area contributed by atoms with Crippen LogP contribution in [-0.2, 0) is 4.79 Å². The predicted molar refractivity (Wildman–Crippen MR) is 91.8 cm³/mol. The summed E-state index contributed by atoms with van der Waals surface area (Å²) in [6.07, 6.45) is 7.80. The Morgan fingerprint density at radius 2 is 2.09 bits per heavy atom. The van der Waals surface area contributed by atoms with Crippen molar-refractivity contribution in [3.05, 3.63) is 36.4 Å². The summed E-state index contributed by atoms with van der Waals surface area (Å²) in [5, 5.41) is 0. The van der Waals surface area contributed by atoms with Gasteiger partial charge in [-0.2, -0.15) is 0 Å². The van der Waals surface area contributed by atoms with Gasteiger partial charge < -0.3 is 9.64 Å². The van der Waals surface area contributed by atoms with Crippen LogP contribution in [0.3, 0.4) is 0 Å². The second kappa shape index (κ2) is 7.68. The van der Waals surface area contributed by atoms with Gasteiger partial charge in [0.2, 0.25) is 5.91 Å². The van der Waals surface area contributed by atoms with E-state index in [0.29, 0.717) is 5.88 Å². The van der Waals surface area contributed by atoms with Gasteiger partial charge in [-0.05, 0) is 49.9 Å². The van der Waals surface area contributed by atoms with Crippen molar-refractivity contribution in [2.75, 3.05) is 24.4 Å². The second-order valence-corrected chi connectivity index (χ2v) is 6.03. The van der Waals surface area contributed by atoms with Gasteiger partial charge >= 0.3 is 0 Å². The van der Waals surface area contributed by atoms with Crippen LogP contribution in [0.15, 0.2) is 36.4 Å². The molecule has 0 radical (unpaired) electrons. The molecule has 0 aromatic heterocycles. The normalized spacial score (nSPS) is 21.8. The zero-order valence-electron chi connectivity index (χ0n) is 13.3. The number of benzene rings is 1. The number of ether oxygens (including phenoxy) is 1. The maximum Gasteiger partial charge on any atom is 0.237 e. The van der Waals surface area contributed by atoms with E-state index in [2.05, 4.69) is 19.1 Å². The minimum Gasteiger partial charge on any atom is -0.497 e. The highest BCUT2D eigenvalue weighted by Gasteiger charge is 2.43. The Bertz CT molecular complexity index is 526. The molecule has 3 nitrogen and oxygen atoms in total. The number of rotatable bonds is 7. The summed E-state index contributed by atoms with van der Waals surface area (Å²) in [6, 6.07) is 7.68. The minimum atomic E-state index is -0.355. The zero-order chi connectivity index (χ0) is 16.0. The molecule has 1 aromatic carbocycles. The number of hydrogen-bond donors (Lipinski definition) is 0. The highest BCUT2D eigenvalue weighted by molar-refractivity contribution is 6.17. The molecule has 0 aliphatic carbocycles. The van der Waals surface area contributed by atoms with Crippen LogP contribution in [0.5, 0.6) is 5.75 Å². The maximum absolute atomic E-state index is 12.9. The zero-order valence-corrected chi connectivity index (χ0v) is 14.1. The lowest BCUT2D eigenvalue weighted by Gasteiger charge is -2.23. The fourth-order valence-electron chi connectivity index (χ4n) is 2.90. The highest BCUT2D eigenvalue weighted by Crippen LogP contribution is 2.39. The Hall–Kier alpha value is -1.48. The summed E-state index contributed by atoms with van der Waals surface area (Å²) in [6.45, 7) is 2.85. The van der Waals surface area contributed by atoms with Gasteiger partial charge in [-0.3, -0.25) is 4.79 Å². The molecule has 0 saturated carbocycles. The summed E-state index contributed by atoms with van der Waals surface area (Å²) < 4.78 is 5.17. The molecule has 0 unspecified atom stereocenters. The first-order chi connectivity index (χ1) is 10.7. The molecule has 22 heavy (non-hydrogen) atoms. The number of halogens is 1. The topological polar surface area (TPSA) is 29.5 Å². The lowest BCUT2D eigenvalue weighted by Crippen LogP contribution is -2.33. The van der Waals surface area contributed by atoms with Crippen LogP contribution in [0.25, 0.3) is 0 Å². The number of carbonyl (C=O) groups is 1. The molecule has 4 heteroatoms. The first-order valence-corrected chi connectivity index (χ1v) is 8.40. The molecule has 0 N–H and O–H groups in total. The van der Waals surface area contributed by atoms with Gasteiger partial charge in [-0.15, -0.1) is 11.6 Å². The van der Waals surface area contributed by atoms with E-state index in [4.69, 9.17) is 16.3 Å². The first-order valence-electron chi connectivity index (χ1n) is 7.86. The van der Waals surface area contributed by atoms with Crippen LogP contribution in [0, 0.1) is 5.41 Å². The fraction of sp³-hybridized carbons (Fsp3) is 0.500. The van der Waals surface area contributed by atoms with Crippen molar-refractivity contribution in [3.8, 4) is 5.75 Å². The van der Waals surface area contributed by atoms with Gasteiger partial charge in [0.05, 0.1) is 12.5 Å². The number of amides is 1. The maximum atomic E-state index is 12.9. The number of nitrogens with zero attached hydrogens (tertiary/aromatic N) is 1. The molecule has 0 spiro atoms. The number of unbranched alkanes of at least 4 members (excludes halogenated alkanes) is 1. The molecule has 1 atom stereocenters. The Kier molecular flexibility index (Phi) is 5.90. The monoisotopic (exact) mass is 321 g/mol. The molecule has 1 aliphatic heterocycles. The van der Waals surface area contributed by atoms with E-state index in [-0.39, 0.29) is 11.3 Å². The van der Waals surface area contributed by atoms with Crippen LogP contribution >= 0.6 is 11.6 Å². The quantitative estimate of drug-likeness (QED) is 0.423. The molecule has 1 heterocycles. The van der Waals surface area contributed by atoms with Crippen LogP contribution < -0.4 is 9.64 Å². The van der Waals surface area contributed by atoms with E-state index >= 15 is 0 Å². The minimum absolute atomic E-state index is 0.197. The van der Waals surface area contributed by atoms with Crippen LogP contribution in [-0.4, -0.2) is 25.4 Å². The second-order valence-electron chi connectivity index (χ2n) is 5.65. The van der Waals surface area contributed by atoms with E-state index in [9.17, 15) is 4.79 Å². The van der Waals surface area contributed by atoms with Crippen LogP contribution in [0.4, 0.5) is 5.69 Å². The van der Waals surface area contributed by atoms with E-state index in [0.717, 1.165) is 43.7 Å². The number of hydrogen-bond acceptors (Lipinski definition) is 2. The van der Waals surface area contributed by atoms with E-state index in [1.165, 1.54) is 0 Å². The summed E-state index contributed by atoms with van der Waals surface area (Å²) >= 11 is 5.70. The third-order valence-corrected chi connectivity index (χ3v) is 4.68. The molecule has 1 aliphatic rings. The number of anilines is 1. The summed E-state index contributed by atoms with van der Waals surface area (Å²) in [5.74, 6) is 1.66. The molecular formula is C18H24ClNO2. The van der Waals surface area contributed by atoms with Gasteiger partial charge in [0.15, 0.2) is 0 Å². The highest BCUT2D eigenvalue weighted by atomic mass is 35.5. The Morgan fingerprint density at radius 3 is 2.68 bits per heavy atom. The van der Waals surface area contributed by atoms with Gasteiger partial charge in [0, 0.05) is 18.1 Å². The van der Waals surface area contributed by atoms with Crippen LogP contribution in [0.2, 0.25) is 0 Å². The average molecular weight is 322 g/mol. The van der Waals surface area contributed by atoms with Crippen molar-refractivity contribution in [1.82, 2.24) is 0 Å². The molecule has 0 bridgehead atoms. The molecule has 1 aromatic rings. The number of allylic oxidation sites excluding steroid dienone is 1. The van der Waals surface area contributed by atoms with Crippen molar-refractivity contribution in [3.63, 3.8) is 0 Å². The number of methoxy groups -OCH3 is 1.